The number of halogens is 3. The number of nitrogens with zero attached hydrogens (tertiary/aromatic N) is 2. The lowest BCUT2D eigenvalue weighted by molar-refractivity contribution is -0.137. The quantitative estimate of drug-likeness (QED) is 0.301. The number of amides is 2. The number of carbonyl (C=O) groups excluding carboxylic acids is 2. The van der Waals surface area contributed by atoms with Crippen LogP contribution in [0, 0.1) is 13.8 Å². The van der Waals surface area contributed by atoms with E-state index in [2.05, 4.69) is 5.32 Å². The highest BCUT2D eigenvalue weighted by Gasteiger charge is 2.37. The van der Waals surface area contributed by atoms with Gasteiger partial charge in [-0.25, -0.2) is 4.79 Å². The van der Waals surface area contributed by atoms with Crippen LogP contribution < -0.4 is 10.2 Å². The van der Waals surface area contributed by atoms with Crippen LogP contribution in [0.4, 0.5) is 18.9 Å². The van der Waals surface area contributed by atoms with E-state index < -0.39 is 29.5 Å². The molecule has 1 saturated heterocycles. The molecule has 0 spiro atoms. The third-order valence-corrected chi connectivity index (χ3v) is 5.94. The Kier molecular flexibility index (Phi) is 6.27. The third-order valence-electron chi connectivity index (χ3n) is 5.65. The molecule has 11 heteroatoms. The summed E-state index contributed by atoms with van der Waals surface area (Å²) in [6.45, 7) is 3.50. The summed E-state index contributed by atoms with van der Waals surface area (Å²) >= 11 is 5.08. The predicted octanol–water partition coefficient (Wildman–Crippen LogP) is 4.64. The van der Waals surface area contributed by atoms with Crippen LogP contribution in [0.3, 0.4) is 0 Å². The summed E-state index contributed by atoms with van der Waals surface area (Å²) in [5.74, 6) is -2.75. The molecule has 1 aromatic heterocycles. The number of aromatic carboxylic acids is 1. The molecule has 0 radical (unpaired) electrons. The van der Waals surface area contributed by atoms with Crippen molar-refractivity contribution in [3.05, 3.63) is 88.2 Å². The second-order valence-electron chi connectivity index (χ2n) is 8.02. The first-order chi connectivity index (χ1) is 16.9. The number of carboxylic acids is 1. The van der Waals surface area contributed by atoms with Gasteiger partial charge < -0.3 is 9.67 Å². The molecule has 0 atom stereocenters. The van der Waals surface area contributed by atoms with Crippen LogP contribution in [-0.4, -0.2) is 32.6 Å². The first-order valence-electron chi connectivity index (χ1n) is 10.5. The molecule has 184 valence electrons. The number of aromatic nitrogens is 1. The molecule has 2 aromatic carbocycles. The first kappa shape index (κ1) is 24.9. The fourth-order valence-electron chi connectivity index (χ4n) is 3.98. The Bertz CT molecular complexity index is 1470. The monoisotopic (exact) mass is 513 g/mol. The molecule has 1 aliphatic heterocycles. The van der Waals surface area contributed by atoms with Crippen LogP contribution >= 0.6 is 12.2 Å². The Morgan fingerprint density at radius 1 is 1.03 bits per heavy atom. The van der Waals surface area contributed by atoms with Gasteiger partial charge in [0.05, 0.1) is 16.8 Å². The highest BCUT2D eigenvalue weighted by Crippen LogP contribution is 2.33. The van der Waals surface area contributed by atoms with Crippen molar-refractivity contribution in [2.24, 2.45) is 0 Å². The molecule has 0 aliphatic carbocycles. The molecule has 2 heterocycles. The normalized spacial score (nSPS) is 15.4. The zero-order chi connectivity index (χ0) is 26.4. The smallest absolute Gasteiger partial charge is 0.416 e. The fourth-order valence-corrected chi connectivity index (χ4v) is 4.26. The minimum atomic E-state index is -4.63. The number of nitrogens with one attached hydrogen (secondary N) is 1. The van der Waals surface area contributed by atoms with Crippen molar-refractivity contribution in [2.75, 3.05) is 4.90 Å². The third kappa shape index (κ3) is 4.52. The van der Waals surface area contributed by atoms with Crippen molar-refractivity contribution >= 4 is 46.9 Å². The Balaban J connectivity index is 1.76. The Hall–Kier alpha value is -4.25. The van der Waals surface area contributed by atoms with E-state index in [1.54, 1.807) is 36.6 Å². The van der Waals surface area contributed by atoms with E-state index in [-0.39, 0.29) is 21.9 Å². The number of hydrogen-bond donors (Lipinski definition) is 2. The summed E-state index contributed by atoms with van der Waals surface area (Å²) in [7, 11) is 0. The molecular weight excluding hydrogens is 495 g/mol. The SMILES string of the molecule is Cc1cc(/C=C2\C(=O)NC(=S)N(c3cccc(C(F)(F)F)c3)C2=O)c(C)n1-c1cccc(C(=O)O)c1. The topological polar surface area (TPSA) is 91.6 Å². The molecule has 1 fully saturated rings. The van der Waals surface area contributed by atoms with Gasteiger partial charge in [0.25, 0.3) is 11.8 Å². The maximum Gasteiger partial charge on any atom is 0.416 e. The molecule has 0 unspecified atom stereocenters. The molecule has 1 aliphatic rings. The standard InChI is InChI=1S/C25H18F3N3O4S/c1-13-9-16(14(2)30(13)18-7-3-5-15(10-18)23(34)35)11-20-21(32)29-24(36)31(22(20)33)19-8-4-6-17(12-19)25(26,27)28/h3-12H,1-2H3,(H,34,35)(H,29,32,36)/b20-11+. The number of hydrogen-bond acceptors (Lipinski definition) is 4. The van der Waals surface area contributed by atoms with Gasteiger partial charge in [0.1, 0.15) is 5.57 Å². The maximum atomic E-state index is 13.3. The largest absolute Gasteiger partial charge is 0.478 e. The minimum absolute atomic E-state index is 0.0898. The second-order valence-corrected chi connectivity index (χ2v) is 8.41. The van der Waals surface area contributed by atoms with Crippen LogP contribution in [0.1, 0.15) is 32.9 Å². The van der Waals surface area contributed by atoms with Crippen molar-refractivity contribution in [3.63, 3.8) is 0 Å². The Labute approximate surface area is 208 Å². The van der Waals surface area contributed by atoms with E-state index in [0.29, 0.717) is 22.6 Å². The number of carbonyl (C=O) groups is 3. The summed E-state index contributed by atoms with van der Waals surface area (Å²) in [4.78, 5) is 38.1. The molecule has 0 saturated carbocycles. The van der Waals surface area contributed by atoms with E-state index in [0.717, 1.165) is 23.1 Å². The van der Waals surface area contributed by atoms with Gasteiger partial charge in [-0.05, 0) is 80.2 Å². The summed E-state index contributed by atoms with van der Waals surface area (Å²) < 4.78 is 41.4. The number of rotatable bonds is 4. The Morgan fingerprint density at radius 2 is 1.69 bits per heavy atom. The summed E-state index contributed by atoms with van der Waals surface area (Å²) in [5.41, 5.74) is 1.04. The first-order valence-corrected chi connectivity index (χ1v) is 10.9. The fraction of sp³-hybridized carbons (Fsp3) is 0.120. The minimum Gasteiger partial charge on any atom is -0.478 e. The highest BCUT2D eigenvalue weighted by atomic mass is 32.1. The molecule has 3 aromatic rings. The number of aryl methyl sites for hydroxylation is 1. The maximum absolute atomic E-state index is 13.3. The van der Waals surface area contributed by atoms with Gasteiger partial charge in [-0.1, -0.05) is 12.1 Å². The second kappa shape index (κ2) is 9.08. The van der Waals surface area contributed by atoms with Gasteiger partial charge in [-0.15, -0.1) is 0 Å². The van der Waals surface area contributed by atoms with Crippen molar-refractivity contribution in [3.8, 4) is 5.69 Å². The van der Waals surface area contributed by atoms with Gasteiger partial charge in [-0.3, -0.25) is 19.8 Å². The lowest BCUT2D eigenvalue weighted by atomic mass is 10.1. The number of benzene rings is 2. The van der Waals surface area contributed by atoms with Gasteiger partial charge >= 0.3 is 12.1 Å². The lowest BCUT2D eigenvalue weighted by Crippen LogP contribution is -2.54. The molecule has 7 nitrogen and oxygen atoms in total. The Morgan fingerprint density at radius 3 is 2.36 bits per heavy atom. The van der Waals surface area contributed by atoms with E-state index in [1.807, 2.05) is 0 Å². The van der Waals surface area contributed by atoms with E-state index in [1.165, 1.54) is 24.3 Å². The van der Waals surface area contributed by atoms with Gasteiger partial charge in [0, 0.05) is 17.1 Å². The highest BCUT2D eigenvalue weighted by molar-refractivity contribution is 7.80. The van der Waals surface area contributed by atoms with Crippen LogP contribution in [0.15, 0.2) is 60.2 Å². The van der Waals surface area contributed by atoms with Crippen molar-refractivity contribution in [1.29, 1.82) is 0 Å². The molecule has 2 amide bonds. The van der Waals surface area contributed by atoms with E-state index in [9.17, 15) is 32.7 Å². The summed E-state index contributed by atoms with van der Waals surface area (Å²) in [5, 5.41) is 11.3. The van der Waals surface area contributed by atoms with Crippen LogP contribution in [0.5, 0.6) is 0 Å². The van der Waals surface area contributed by atoms with Crippen LogP contribution in [-0.2, 0) is 15.8 Å². The van der Waals surface area contributed by atoms with Gasteiger partial charge in [0.2, 0.25) is 0 Å². The van der Waals surface area contributed by atoms with Gasteiger partial charge in [-0.2, -0.15) is 13.2 Å². The van der Waals surface area contributed by atoms with E-state index >= 15 is 0 Å². The molecule has 2 N–H and O–H groups in total. The predicted molar refractivity (Wildman–Crippen MR) is 130 cm³/mol. The van der Waals surface area contributed by atoms with Crippen LogP contribution in [0.2, 0.25) is 0 Å². The number of thiocarbonyl (C=S) groups is 1. The lowest BCUT2D eigenvalue weighted by Gasteiger charge is -2.29. The van der Waals surface area contributed by atoms with Crippen LogP contribution in [0.25, 0.3) is 11.8 Å². The average Bonchev–Trinajstić information content (AvgIpc) is 3.08. The molecule has 4 rings (SSSR count). The summed E-state index contributed by atoms with van der Waals surface area (Å²) in [6, 6.07) is 12.0. The van der Waals surface area contributed by atoms with Crippen molar-refractivity contribution in [2.45, 2.75) is 20.0 Å². The van der Waals surface area contributed by atoms with Crippen molar-refractivity contribution in [1.82, 2.24) is 9.88 Å². The zero-order valence-corrected chi connectivity index (χ0v) is 19.7. The summed E-state index contributed by atoms with van der Waals surface area (Å²) in [6.07, 6.45) is -3.30. The average molecular weight is 513 g/mol. The number of alkyl halides is 3. The van der Waals surface area contributed by atoms with Crippen molar-refractivity contribution < 1.29 is 32.7 Å². The zero-order valence-electron chi connectivity index (χ0n) is 18.9. The number of carboxylic acid groups (broad SMARTS) is 1. The van der Waals surface area contributed by atoms with E-state index in [4.69, 9.17) is 12.2 Å². The molecule has 36 heavy (non-hydrogen) atoms. The van der Waals surface area contributed by atoms with Gasteiger partial charge in [0.15, 0.2) is 5.11 Å². The number of anilines is 1. The molecule has 0 bridgehead atoms. The molecular formula is C25H18F3N3O4S.